The van der Waals surface area contributed by atoms with Crippen molar-refractivity contribution in [2.45, 2.75) is 13.8 Å². The van der Waals surface area contributed by atoms with E-state index in [0.717, 1.165) is 22.4 Å². The molecule has 3 N–H and O–H groups in total. The molecule has 0 saturated heterocycles. The third kappa shape index (κ3) is 3.84. The summed E-state index contributed by atoms with van der Waals surface area (Å²) in [7, 11) is 1.76. The molecule has 1 amide bonds. The third-order valence-corrected chi connectivity index (χ3v) is 4.18. The predicted molar refractivity (Wildman–Crippen MR) is 113 cm³/mol. The number of aryl methyl sites for hydroxylation is 1. The summed E-state index contributed by atoms with van der Waals surface area (Å²) in [6, 6.07) is 15.2. The van der Waals surface area contributed by atoms with Gasteiger partial charge in [0.05, 0.1) is 11.0 Å². The number of imidazole rings is 1. The van der Waals surface area contributed by atoms with Gasteiger partial charge in [0.25, 0.3) is 0 Å². The van der Waals surface area contributed by atoms with Gasteiger partial charge in [-0.15, -0.1) is 0 Å². The number of para-hydroxylation sites is 2. The molecular formula is C20H20N8O. The Bertz CT molecular complexity index is 1180. The summed E-state index contributed by atoms with van der Waals surface area (Å²) in [5.41, 5.74) is 3.23. The molecule has 0 saturated carbocycles. The number of amides is 1. The second kappa shape index (κ2) is 7.55. The fourth-order valence-electron chi connectivity index (χ4n) is 2.96. The van der Waals surface area contributed by atoms with Crippen molar-refractivity contribution in [3.63, 3.8) is 0 Å². The lowest BCUT2D eigenvalue weighted by Gasteiger charge is -2.11. The van der Waals surface area contributed by atoms with Crippen LogP contribution < -0.4 is 16.0 Å². The van der Waals surface area contributed by atoms with E-state index in [1.165, 1.54) is 6.92 Å². The van der Waals surface area contributed by atoms with Crippen LogP contribution in [-0.2, 0) is 4.79 Å². The zero-order valence-corrected chi connectivity index (χ0v) is 16.3. The minimum absolute atomic E-state index is 0.113. The number of carbonyl (C=O) groups excluding carboxylic acids is 1. The van der Waals surface area contributed by atoms with Gasteiger partial charge in [0, 0.05) is 25.3 Å². The highest BCUT2D eigenvalue weighted by Crippen LogP contribution is 2.26. The molecule has 9 nitrogen and oxygen atoms in total. The number of carbonyl (C=O) groups is 1. The molecule has 2 aromatic heterocycles. The summed E-state index contributed by atoms with van der Waals surface area (Å²) in [4.78, 5) is 29.2. The number of fused-ring (bicyclic) bond motifs is 1. The lowest BCUT2D eigenvalue weighted by molar-refractivity contribution is -0.114. The molecule has 2 aromatic carbocycles. The van der Waals surface area contributed by atoms with Crippen molar-refractivity contribution in [1.82, 2.24) is 24.5 Å². The van der Waals surface area contributed by atoms with Crippen molar-refractivity contribution in [2.75, 3.05) is 23.0 Å². The maximum Gasteiger partial charge on any atom is 0.242 e. The van der Waals surface area contributed by atoms with Crippen molar-refractivity contribution in [1.29, 1.82) is 0 Å². The topological polar surface area (TPSA) is 110 Å². The number of nitrogens with zero attached hydrogens (tertiary/aromatic N) is 5. The fourth-order valence-corrected chi connectivity index (χ4v) is 2.96. The minimum atomic E-state index is -0.113. The fraction of sp³-hybridized carbons (Fsp3) is 0.150. The van der Waals surface area contributed by atoms with Crippen LogP contribution in [-0.4, -0.2) is 37.5 Å². The molecular weight excluding hydrogens is 368 g/mol. The van der Waals surface area contributed by atoms with Gasteiger partial charge in [-0.05, 0) is 43.3 Å². The molecule has 0 fully saturated rings. The van der Waals surface area contributed by atoms with Gasteiger partial charge in [-0.3, -0.25) is 4.79 Å². The van der Waals surface area contributed by atoms with Crippen LogP contribution in [0.2, 0.25) is 0 Å². The summed E-state index contributed by atoms with van der Waals surface area (Å²) >= 11 is 0. The average molecular weight is 388 g/mol. The smallest absolute Gasteiger partial charge is 0.242 e. The van der Waals surface area contributed by atoms with Crippen LogP contribution in [0.25, 0.3) is 17.0 Å². The molecule has 2 heterocycles. The Morgan fingerprint density at radius 1 is 0.931 bits per heavy atom. The van der Waals surface area contributed by atoms with Crippen molar-refractivity contribution < 1.29 is 4.79 Å². The van der Waals surface area contributed by atoms with Crippen LogP contribution in [0.1, 0.15) is 12.7 Å². The third-order valence-electron chi connectivity index (χ3n) is 4.18. The zero-order chi connectivity index (χ0) is 20.4. The second-order valence-corrected chi connectivity index (χ2v) is 6.40. The highest BCUT2D eigenvalue weighted by atomic mass is 16.1. The van der Waals surface area contributed by atoms with Gasteiger partial charge < -0.3 is 16.0 Å². The highest BCUT2D eigenvalue weighted by Gasteiger charge is 2.16. The summed E-state index contributed by atoms with van der Waals surface area (Å²) in [6.45, 7) is 3.30. The SMILES string of the molecule is CNc1nc(C)nc(-n2c(Nc3ccc(NC(C)=O)cc3)nc3ccccc32)n1. The number of rotatable bonds is 5. The maximum absolute atomic E-state index is 11.2. The van der Waals surface area contributed by atoms with E-state index in [1.807, 2.05) is 60.0 Å². The predicted octanol–water partition coefficient (Wildman–Crippen LogP) is 3.26. The van der Waals surface area contributed by atoms with E-state index in [4.69, 9.17) is 4.98 Å². The molecule has 0 atom stereocenters. The van der Waals surface area contributed by atoms with Crippen LogP contribution in [0.15, 0.2) is 48.5 Å². The normalized spacial score (nSPS) is 10.7. The first kappa shape index (κ1) is 18.4. The van der Waals surface area contributed by atoms with Crippen LogP contribution >= 0.6 is 0 Å². The summed E-state index contributed by atoms with van der Waals surface area (Å²) in [5.74, 6) is 2.01. The van der Waals surface area contributed by atoms with Gasteiger partial charge in [-0.25, -0.2) is 9.55 Å². The molecule has 0 aliphatic heterocycles. The van der Waals surface area contributed by atoms with Crippen LogP contribution in [0.4, 0.5) is 23.3 Å². The lowest BCUT2D eigenvalue weighted by atomic mass is 10.3. The van der Waals surface area contributed by atoms with Gasteiger partial charge in [0.2, 0.25) is 23.8 Å². The van der Waals surface area contributed by atoms with Crippen LogP contribution in [0, 0.1) is 6.92 Å². The molecule has 0 aliphatic carbocycles. The number of hydrogen-bond acceptors (Lipinski definition) is 7. The molecule has 9 heteroatoms. The molecule has 0 radical (unpaired) electrons. The monoisotopic (exact) mass is 388 g/mol. The first-order valence-corrected chi connectivity index (χ1v) is 9.06. The number of hydrogen-bond donors (Lipinski definition) is 3. The Kier molecular flexibility index (Phi) is 4.78. The molecule has 0 spiro atoms. The van der Waals surface area contributed by atoms with E-state index in [9.17, 15) is 4.79 Å². The average Bonchev–Trinajstić information content (AvgIpc) is 3.06. The zero-order valence-electron chi connectivity index (χ0n) is 16.3. The molecule has 0 unspecified atom stereocenters. The molecule has 4 aromatic rings. The number of aromatic nitrogens is 5. The van der Waals surface area contributed by atoms with Crippen LogP contribution in [0.3, 0.4) is 0 Å². The first-order chi connectivity index (χ1) is 14.0. The summed E-state index contributed by atoms with van der Waals surface area (Å²) in [5, 5.41) is 9.03. The Morgan fingerprint density at radius 3 is 2.38 bits per heavy atom. The van der Waals surface area contributed by atoms with Crippen molar-refractivity contribution >= 4 is 40.2 Å². The van der Waals surface area contributed by atoms with Crippen LogP contribution in [0.5, 0.6) is 0 Å². The molecule has 146 valence electrons. The largest absolute Gasteiger partial charge is 0.357 e. The van der Waals surface area contributed by atoms with E-state index in [0.29, 0.717) is 23.7 Å². The number of nitrogens with one attached hydrogen (secondary N) is 3. The molecule has 0 aliphatic rings. The quantitative estimate of drug-likeness (QED) is 0.481. The first-order valence-electron chi connectivity index (χ1n) is 9.06. The van der Waals surface area contributed by atoms with Gasteiger partial charge in [-0.1, -0.05) is 12.1 Å². The van der Waals surface area contributed by atoms with E-state index in [1.54, 1.807) is 7.05 Å². The Balaban J connectivity index is 1.78. The van der Waals surface area contributed by atoms with Gasteiger partial charge >= 0.3 is 0 Å². The lowest BCUT2D eigenvalue weighted by Crippen LogP contribution is -2.10. The minimum Gasteiger partial charge on any atom is -0.357 e. The Hall–Kier alpha value is -4.01. The van der Waals surface area contributed by atoms with Crippen molar-refractivity contribution in [2.24, 2.45) is 0 Å². The Labute approximate surface area is 167 Å². The number of anilines is 4. The van der Waals surface area contributed by atoms with Crippen molar-refractivity contribution in [3.05, 3.63) is 54.4 Å². The highest BCUT2D eigenvalue weighted by molar-refractivity contribution is 5.89. The maximum atomic E-state index is 11.2. The van der Waals surface area contributed by atoms with Gasteiger partial charge in [0.15, 0.2) is 0 Å². The Morgan fingerprint density at radius 2 is 1.66 bits per heavy atom. The molecule has 0 bridgehead atoms. The standard InChI is InChI=1S/C20H20N8O/c1-12-22-18(21-3)27-19(23-12)28-17-7-5-4-6-16(17)26-20(28)25-15-10-8-14(9-11-15)24-13(2)29/h4-11H,1-3H3,(H,24,29)(H,25,26)(H,21,22,23,27). The van der Waals surface area contributed by atoms with E-state index in [-0.39, 0.29) is 5.91 Å². The summed E-state index contributed by atoms with van der Waals surface area (Å²) in [6.07, 6.45) is 0. The van der Waals surface area contributed by atoms with Gasteiger partial charge in [0.1, 0.15) is 5.82 Å². The summed E-state index contributed by atoms with van der Waals surface area (Å²) < 4.78 is 1.85. The second-order valence-electron chi connectivity index (χ2n) is 6.40. The van der Waals surface area contributed by atoms with E-state index in [2.05, 4.69) is 30.9 Å². The van der Waals surface area contributed by atoms with Gasteiger partial charge in [-0.2, -0.15) is 15.0 Å². The molecule has 29 heavy (non-hydrogen) atoms. The number of benzene rings is 2. The molecule has 4 rings (SSSR count). The van der Waals surface area contributed by atoms with E-state index < -0.39 is 0 Å². The van der Waals surface area contributed by atoms with E-state index >= 15 is 0 Å². The van der Waals surface area contributed by atoms with Crippen molar-refractivity contribution in [3.8, 4) is 5.95 Å².